The van der Waals surface area contributed by atoms with E-state index in [4.69, 9.17) is 11.6 Å². The first kappa shape index (κ1) is 13.2. The Hall–Kier alpha value is -0.830. The van der Waals surface area contributed by atoms with Crippen molar-refractivity contribution in [3.05, 3.63) is 17.6 Å². The van der Waals surface area contributed by atoms with E-state index >= 15 is 0 Å². The van der Waals surface area contributed by atoms with E-state index in [2.05, 4.69) is 29.1 Å². The number of hydrogen-bond donors (Lipinski definition) is 1. The second-order valence-electron chi connectivity index (χ2n) is 4.41. The topological polar surface area (TPSA) is 37.8 Å². The van der Waals surface area contributed by atoms with Crippen molar-refractivity contribution < 1.29 is 0 Å². The lowest BCUT2D eigenvalue weighted by Crippen LogP contribution is -2.26. The van der Waals surface area contributed by atoms with E-state index in [1.807, 2.05) is 19.9 Å². The fourth-order valence-corrected chi connectivity index (χ4v) is 1.91. The molecule has 0 radical (unpaired) electrons. The van der Waals surface area contributed by atoms with E-state index in [0.29, 0.717) is 17.8 Å². The van der Waals surface area contributed by atoms with Crippen molar-refractivity contribution >= 4 is 17.4 Å². The fourth-order valence-electron chi connectivity index (χ4n) is 1.67. The Labute approximate surface area is 103 Å². The lowest BCUT2D eigenvalue weighted by atomic mass is 10.0. The molecule has 1 atom stereocenters. The maximum Gasteiger partial charge on any atom is 0.130 e. The van der Waals surface area contributed by atoms with Crippen LogP contribution in [-0.4, -0.2) is 21.9 Å². The summed E-state index contributed by atoms with van der Waals surface area (Å²) >= 11 is 5.80. The third kappa shape index (κ3) is 3.97. The molecular formula is C12H20ClN3. The van der Waals surface area contributed by atoms with Gasteiger partial charge in [-0.3, -0.25) is 0 Å². The van der Waals surface area contributed by atoms with Crippen LogP contribution in [0.4, 0.5) is 5.82 Å². The highest BCUT2D eigenvalue weighted by Gasteiger charge is 2.13. The molecular weight excluding hydrogens is 222 g/mol. The molecule has 1 unspecified atom stereocenters. The first-order valence-corrected chi connectivity index (χ1v) is 6.21. The summed E-state index contributed by atoms with van der Waals surface area (Å²) in [5.74, 6) is 2.90. The number of rotatable bonds is 5. The number of hydrogen-bond acceptors (Lipinski definition) is 3. The fraction of sp³-hybridized carbons (Fsp3) is 0.667. The zero-order chi connectivity index (χ0) is 12.1. The standard InChI is InChI=1S/C12H20ClN3/c1-8(2)11(5-6-13)16-12-7-9(3)14-10(4)15-12/h7-8,11H,5-6H2,1-4H3,(H,14,15,16). The first-order valence-electron chi connectivity index (χ1n) is 5.67. The van der Waals surface area contributed by atoms with E-state index in [9.17, 15) is 0 Å². The number of halogens is 1. The van der Waals surface area contributed by atoms with E-state index in [1.165, 1.54) is 0 Å². The Morgan fingerprint density at radius 2 is 2.00 bits per heavy atom. The van der Waals surface area contributed by atoms with Gasteiger partial charge in [0.1, 0.15) is 11.6 Å². The zero-order valence-electron chi connectivity index (χ0n) is 10.4. The number of alkyl halides is 1. The van der Waals surface area contributed by atoms with E-state index in [0.717, 1.165) is 23.8 Å². The molecule has 1 aromatic heterocycles. The third-order valence-electron chi connectivity index (χ3n) is 2.52. The smallest absolute Gasteiger partial charge is 0.130 e. The highest BCUT2D eigenvalue weighted by molar-refractivity contribution is 6.17. The Morgan fingerprint density at radius 3 is 2.50 bits per heavy atom. The van der Waals surface area contributed by atoms with Gasteiger partial charge < -0.3 is 5.32 Å². The van der Waals surface area contributed by atoms with Crippen molar-refractivity contribution in [2.75, 3.05) is 11.2 Å². The van der Waals surface area contributed by atoms with Gasteiger partial charge in [-0.05, 0) is 26.2 Å². The monoisotopic (exact) mass is 241 g/mol. The van der Waals surface area contributed by atoms with Crippen molar-refractivity contribution in [1.82, 2.24) is 9.97 Å². The summed E-state index contributed by atoms with van der Waals surface area (Å²) in [5.41, 5.74) is 0.989. The predicted molar refractivity (Wildman–Crippen MR) is 69.1 cm³/mol. The Morgan fingerprint density at radius 1 is 1.31 bits per heavy atom. The van der Waals surface area contributed by atoms with Gasteiger partial charge in [-0.1, -0.05) is 13.8 Å². The maximum atomic E-state index is 5.80. The number of aromatic nitrogens is 2. The van der Waals surface area contributed by atoms with Gasteiger partial charge in [-0.2, -0.15) is 0 Å². The van der Waals surface area contributed by atoms with Crippen LogP contribution in [0.3, 0.4) is 0 Å². The number of nitrogens with zero attached hydrogens (tertiary/aromatic N) is 2. The minimum atomic E-state index is 0.367. The minimum Gasteiger partial charge on any atom is -0.367 e. The molecule has 16 heavy (non-hydrogen) atoms. The average molecular weight is 242 g/mol. The summed E-state index contributed by atoms with van der Waals surface area (Å²) in [5, 5.41) is 3.43. The van der Waals surface area contributed by atoms with Gasteiger partial charge in [0.15, 0.2) is 0 Å². The second-order valence-corrected chi connectivity index (χ2v) is 4.79. The van der Waals surface area contributed by atoms with Gasteiger partial charge >= 0.3 is 0 Å². The summed E-state index contributed by atoms with van der Waals surface area (Å²) in [6.07, 6.45) is 0.946. The van der Waals surface area contributed by atoms with Crippen LogP contribution >= 0.6 is 11.6 Å². The van der Waals surface area contributed by atoms with Crippen LogP contribution in [-0.2, 0) is 0 Å². The number of aryl methyl sites for hydroxylation is 2. The van der Waals surface area contributed by atoms with Crippen molar-refractivity contribution in [3.8, 4) is 0 Å². The largest absolute Gasteiger partial charge is 0.367 e. The zero-order valence-corrected chi connectivity index (χ0v) is 11.2. The van der Waals surface area contributed by atoms with Crippen molar-refractivity contribution in [2.24, 2.45) is 5.92 Å². The molecule has 0 aliphatic heterocycles. The molecule has 0 bridgehead atoms. The van der Waals surface area contributed by atoms with Crippen LogP contribution in [0, 0.1) is 19.8 Å². The molecule has 0 amide bonds. The molecule has 1 rings (SSSR count). The van der Waals surface area contributed by atoms with Crippen molar-refractivity contribution in [1.29, 1.82) is 0 Å². The summed E-state index contributed by atoms with van der Waals surface area (Å²) in [6, 6.07) is 2.34. The number of anilines is 1. The van der Waals surface area contributed by atoms with Crippen LogP contribution in [0.15, 0.2) is 6.07 Å². The summed E-state index contributed by atoms with van der Waals surface area (Å²) in [6.45, 7) is 8.26. The molecule has 4 heteroatoms. The molecule has 0 aliphatic carbocycles. The average Bonchev–Trinajstić information content (AvgIpc) is 2.15. The van der Waals surface area contributed by atoms with Gasteiger partial charge in [0.2, 0.25) is 0 Å². The lowest BCUT2D eigenvalue weighted by molar-refractivity contribution is 0.511. The molecule has 0 aliphatic rings. The highest BCUT2D eigenvalue weighted by Crippen LogP contribution is 2.14. The summed E-state index contributed by atoms with van der Waals surface area (Å²) in [7, 11) is 0. The van der Waals surface area contributed by atoms with Gasteiger partial charge in [0.05, 0.1) is 0 Å². The number of nitrogens with one attached hydrogen (secondary N) is 1. The van der Waals surface area contributed by atoms with Crippen LogP contribution in [0.5, 0.6) is 0 Å². The summed E-state index contributed by atoms with van der Waals surface area (Å²) in [4.78, 5) is 8.63. The molecule has 0 saturated carbocycles. The molecule has 0 saturated heterocycles. The Bertz CT molecular complexity index is 319. The van der Waals surface area contributed by atoms with Crippen molar-refractivity contribution in [3.63, 3.8) is 0 Å². The van der Waals surface area contributed by atoms with E-state index in [-0.39, 0.29) is 0 Å². The minimum absolute atomic E-state index is 0.367. The Balaban J connectivity index is 2.76. The molecule has 1 aromatic rings. The third-order valence-corrected chi connectivity index (χ3v) is 2.74. The van der Waals surface area contributed by atoms with E-state index < -0.39 is 0 Å². The van der Waals surface area contributed by atoms with Crippen LogP contribution in [0.1, 0.15) is 31.8 Å². The molecule has 1 N–H and O–H groups in total. The van der Waals surface area contributed by atoms with Gasteiger partial charge in [-0.25, -0.2) is 9.97 Å². The normalized spacial score (nSPS) is 12.9. The molecule has 0 fully saturated rings. The van der Waals surface area contributed by atoms with Crippen LogP contribution in [0.2, 0.25) is 0 Å². The lowest BCUT2D eigenvalue weighted by Gasteiger charge is -2.22. The van der Waals surface area contributed by atoms with Crippen molar-refractivity contribution in [2.45, 2.75) is 40.2 Å². The Kier molecular flexibility index (Phi) is 5.00. The first-order chi connectivity index (χ1) is 7.52. The van der Waals surface area contributed by atoms with Gasteiger partial charge in [0, 0.05) is 23.7 Å². The van der Waals surface area contributed by atoms with E-state index in [1.54, 1.807) is 0 Å². The molecule has 0 aromatic carbocycles. The van der Waals surface area contributed by atoms with Gasteiger partial charge in [0.25, 0.3) is 0 Å². The molecule has 1 heterocycles. The van der Waals surface area contributed by atoms with Crippen LogP contribution in [0.25, 0.3) is 0 Å². The quantitative estimate of drug-likeness (QED) is 0.805. The SMILES string of the molecule is Cc1cc(NC(CCCl)C(C)C)nc(C)n1. The molecule has 0 spiro atoms. The van der Waals surface area contributed by atoms with Crippen LogP contribution < -0.4 is 5.32 Å². The summed E-state index contributed by atoms with van der Waals surface area (Å²) < 4.78 is 0. The second kappa shape index (κ2) is 6.04. The predicted octanol–water partition coefficient (Wildman–Crippen LogP) is 3.16. The molecule has 90 valence electrons. The highest BCUT2D eigenvalue weighted by atomic mass is 35.5. The maximum absolute atomic E-state index is 5.80. The molecule has 3 nitrogen and oxygen atoms in total. The van der Waals surface area contributed by atoms with Gasteiger partial charge in [-0.15, -0.1) is 11.6 Å².